The molecule has 1 rings (SSSR count). The normalized spacial score (nSPS) is 11.8. The highest BCUT2D eigenvalue weighted by Crippen LogP contribution is 2.10. The van der Waals surface area contributed by atoms with Crippen molar-refractivity contribution in [2.24, 2.45) is 0 Å². The highest BCUT2D eigenvalue weighted by atomic mass is 16.4. The molecular weight excluding hydrogens is 290 g/mol. The van der Waals surface area contributed by atoms with Crippen LogP contribution >= 0.6 is 0 Å². The van der Waals surface area contributed by atoms with E-state index in [1.165, 1.54) is 44.1 Å². The molecule has 130 valence electrons. The van der Waals surface area contributed by atoms with Crippen molar-refractivity contribution in [3.05, 3.63) is 23.8 Å². The van der Waals surface area contributed by atoms with Crippen molar-refractivity contribution < 1.29 is 9.90 Å². The second kappa shape index (κ2) is 11.9. The lowest BCUT2D eigenvalue weighted by atomic mass is 10.1. The zero-order valence-electron chi connectivity index (χ0n) is 14.6. The molecule has 0 spiro atoms. The molecule has 0 aliphatic rings. The highest BCUT2D eigenvalue weighted by Gasteiger charge is 2.05. The number of aromatic nitrogens is 3. The second-order valence-corrected chi connectivity index (χ2v) is 6.19. The van der Waals surface area contributed by atoms with Gasteiger partial charge in [0.1, 0.15) is 12.2 Å². The minimum Gasteiger partial charge on any atom is -0.481 e. The lowest BCUT2D eigenvalue weighted by Crippen LogP contribution is -2.07. The molecule has 23 heavy (non-hydrogen) atoms. The van der Waals surface area contributed by atoms with E-state index in [1.807, 2.05) is 4.68 Å². The molecule has 5 nitrogen and oxygen atoms in total. The molecule has 0 aliphatic carbocycles. The molecular formula is C18H31N3O2. The number of hydrogen-bond donors (Lipinski definition) is 1. The number of rotatable bonds is 13. The van der Waals surface area contributed by atoms with E-state index < -0.39 is 5.97 Å². The maximum atomic E-state index is 10.5. The quantitative estimate of drug-likeness (QED) is 0.432. The van der Waals surface area contributed by atoms with Crippen LogP contribution in [0.15, 0.2) is 18.0 Å². The zero-order valence-corrected chi connectivity index (χ0v) is 14.6. The van der Waals surface area contributed by atoms with E-state index in [-0.39, 0.29) is 6.42 Å². The van der Waals surface area contributed by atoms with Gasteiger partial charge >= 0.3 is 5.97 Å². The first-order chi connectivity index (χ1) is 11.1. The van der Waals surface area contributed by atoms with Crippen molar-refractivity contribution in [3.63, 3.8) is 0 Å². The monoisotopic (exact) mass is 321 g/mol. The molecule has 0 saturated carbocycles. The van der Waals surface area contributed by atoms with Gasteiger partial charge in [0.2, 0.25) is 0 Å². The van der Waals surface area contributed by atoms with E-state index in [1.54, 1.807) is 6.33 Å². The van der Waals surface area contributed by atoms with Gasteiger partial charge in [0.25, 0.3) is 0 Å². The van der Waals surface area contributed by atoms with Gasteiger partial charge in [0.15, 0.2) is 0 Å². The van der Waals surface area contributed by atoms with Crippen LogP contribution in [0.2, 0.25) is 0 Å². The molecule has 0 unspecified atom stereocenters. The summed E-state index contributed by atoms with van der Waals surface area (Å²) in [5.41, 5.74) is 1.21. The first-order valence-corrected chi connectivity index (χ1v) is 8.87. The maximum absolute atomic E-state index is 10.5. The van der Waals surface area contributed by atoms with E-state index >= 15 is 0 Å². The third-order valence-corrected chi connectivity index (χ3v) is 3.94. The van der Waals surface area contributed by atoms with Gasteiger partial charge in [-0.1, -0.05) is 50.7 Å². The highest BCUT2D eigenvalue weighted by molar-refractivity contribution is 5.66. The van der Waals surface area contributed by atoms with E-state index in [9.17, 15) is 4.79 Å². The summed E-state index contributed by atoms with van der Waals surface area (Å²) in [7, 11) is 0. The van der Waals surface area contributed by atoms with Crippen LogP contribution in [-0.4, -0.2) is 25.8 Å². The number of hydrogen-bond acceptors (Lipinski definition) is 3. The Hall–Kier alpha value is -1.65. The summed E-state index contributed by atoms with van der Waals surface area (Å²) in [5, 5.41) is 12.9. The van der Waals surface area contributed by atoms with Gasteiger partial charge in [-0.3, -0.25) is 4.79 Å². The second-order valence-electron chi connectivity index (χ2n) is 6.19. The van der Waals surface area contributed by atoms with Crippen LogP contribution in [0.4, 0.5) is 0 Å². The Morgan fingerprint density at radius 3 is 2.70 bits per heavy atom. The van der Waals surface area contributed by atoms with Crippen LogP contribution in [0.25, 0.3) is 0 Å². The molecule has 0 bridgehead atoms. The predicted octanol–water partition coefficient (Wildman–Crippen LogP) is 4.38. The van der Waals surface area contributed by atoms with E-state index in [2.05, 4.69) is 30.0 Å². The van der Waals surface area contributed by atoms with Gasteiger partial charge in [-0.15, -0.1) is 0 Å². The van der Waals surface area contributed by atoms with Gasteiger partial charge < -0.3 is 5.11 Å². The molecule has 1 N–H and O–H groups in total. The lowest BCUT2D eigenvalue weighted by molar-refractivity contribution is -0.137. The van der Waals surface area contributed by atoms with Gasteiger partial charge in [-0.2, -0.15) is 5.10 Å². The summed E-state index contributed by atoms with van der Waals surface area (Å²) < 4.78 is 1.97. The number of carboxylic acid groups (broad SMARTS) is 1. The van der Waals surface area contributed by atoms with E-state index in [0.717, 1.165) is 25.2 Å². The van der Waals surface area contributed by atoms with Crippen molar-refractivity contribution in [1.82, 2.24) is 14.8 Å². The van der Waals surface area contributed by atoms with Gasteiger partial charge in [-0.25, -0.2) is 9.67 Å². The molecule has 0 fully saturated rings. The molecule has 0 aliphatic heterocycles. The first-order valence-electron chi connectivity index (χ1n) is 8.87. The van der Waals surface area contributed by atoms with Crippen molar-refractivity contribution in [3.8, 4) is 0 Å². The Morgan fingerprint density at radius 2 is 1.96 bits per heavy atom. The average Bonchev–Trinajstić information content (AvgIpc) is 2.94. The maximum Gasteiger partial charge on any atom is 0.303 e. The molecule has 0 radical (unpaired) electrons. The molecule has 0 atom stereocenters. The molecule has 0 amide bonds. The van der Waals surface area contributed by atoms with Crippen LogP contribution in [0.1, 0.15) is 77.5 Å². The predicted molar refractivity (Wildman–Crippen MR) is 92.3 cm³/mol. The molecule has 1 aromatic rings. The Balaban J connectivity index is 2.30. The summed E-state index contributed by atoms with van der Waals surface area (Å²) in [6.07, 6.45) is 14.1. The van der Waals surface area contributed by atoms with Crippen LogP contribution in [-0.2, 0) is 17.8 Å². The average molecular weight is 321 g/mol. The SMILES string of the molecule is CCCCCCCCc1ncnn1C/C(C)=C\CCCC(=O)O. The van der Waals surface area contributed by atoms with E-state index in [4.69, 9.17) is 5.11 Å². The molecule has 1 aromatic heterocycles. The van der Waals surface area contributed by atoms with Crippen molar-refractivity contribution in [2.75, 3.05) is 0 Å². The summed E-state index contributed by atoms with van der Waals surface area (Å²) in [6, 6.07) is 0. The zero-order chi connectivity index (χ0) is 16.9. The van der Waals surface area contributed by atoms with Crippen LogP contribution in [0, 0.1) is 0 Å². The van der Waals surface area contributed by atoms with Crippen LogP contribution in [0.3, 0.4) is 0 Å². The van der Waals surface area contributed by atoms with Gasteiger partial charge in [0, 0.05) is 12.8 Å². The molecule has 0 saturated heterocycles. The molecule has 0 aromatic carbocycles. The molecule has 1 heterocycles. The van der Waals surface area contributed by atoms with Crippen LogP contribution < -0.4 is 0 Å². The van der Waals surface area contributed by atoms with Crippen molar-refractivity contribution in [1.29, 1.82) is 0 Å². The summed E-state index contributed by atoms with van der Waals surface area (Å²) >= 11 is 0. The number of nitrogens with zero attached hydrogens (tertiary/aromatic N) is 3. The Labute approximate surface area is 139 Å². The van der Waals surface area contributed by atoms with Gasteiger partial charge in [0.05, 0.1) is 6.54 Å². The fourth-order valence-corrected chi connectivity index (χ4v) is 2.58. The fourth-order valence-electron chi connectivity index (χ4n) is 2.58. The fraction of sp³-hybridized carbons (Fsp3) is 0.722. The standard InChI is InChI=1S/C18H31N3O2/c1-3-4-5-6-7-8-12-17-19-15-20-21(17)14-16(2)11-9-10-13-18(22)23/h11,15H,3-10,12-14H2,1-2H3,(H,22,23)/b16-11-. The minimum absolute atomic E-state index is 0.233. The number of carboxylic acids is 1. The van der Waals surface area contributed by atoms with E-state index in [0.29, 0.717) is 6.42 Å². The number of aryl methyl sites for hydroxylation is 1. The largest absolute Gasteiger partial charge is 0.481 e. The van der Waals surface area contributed by atoms with Crippen molar-refractivity contribution in [2.45, 2.75) is 84.6 Å². The topological polar surface area (TPSA) is 68.0 Å². The third kappa shape index (κ3) is 9.16. The van der Waals surface area contributed by atoms with Crippen molar-refractivity contribution >= 4 is 5.97 Å². The number of carbonyl (C=O) groups is 1. The molecule has 5 heteroatoms. The Morgan fingerprint density at radius 1 is 1.22 bits per heavy atom. The Bertz CT molecular complexity index is 480. The first kappa shape index (κ1) is 19.4. The summed E-state index contributed by atoms with van der Waals surface area (Å²) in [4.78, 5) is 14.9. The number of aliphatic carboxylic acids is 1. The number of unbranched alkanes of at least 4 members (excludes halogenated alkanes) is 6. The third-order valence-electron chi connectivity index (χ3n) is 3.94. The van der Waals surface area contributed by atoms with Crippen LogP contribution in [0.5, 0.6) is 0 Å². The minimum atomic E-state index is -0.728. The lowest BCUT2D eigenvalue weighted by Gasteiger charge is -2.07. The Kier molecular flexibility index (Phi) is 10.00. The number of allylic oxidation sites excluding steroid dienone is 2. The smallest absolute Gasteiger partial charge is 0.303 e. The van der Waals surface area contributed by atoms with Gasteiger partial charge in [-0.05, 0) is 26.2 Å². The summed E-state index contributed by atoms with van der Waals surface area (Å²) in [6.45, 7) is 5.05. The summed E-state index contributed by atoms with van der Waals surface area (Å²) in [5.74, 6) is 0.326.